The number of carbonyl (C=O) groups is 1. The van der Waals surface area contributed by atoms with Gasteiger partial charge in [0, 0.05) is 0 Å². The highest BCUT2D eigenvalue weighted by Gasteiger charge is 2.60. The molecule has 2 aliphatic rings. The summed E-state index contributed by atoms with van der Waals surface area (Å²) in [5.41, 5.74) is 0. The predicted molar refractivity (Wildman–Crippen MR) is 38.5 cm³/mol. The van der Waals surface area contributed by atoms with Crippen molar-refractivity contribution in [1.29, 1.82) is 0 Å². The number of halogens is 3. The maximum Gasteiger partial charge on any atom is 0.395 e. The van der Waals surface area contributed by atoms with Gasteiger partial charge in [0.05, 0.1) is 12.2 Å². The van der Waals surface area contributed by atoms with Gasteiger partial charge in [-0.2, -0.15) is 13.2 Å². The van der Waals surface area contributed by atoms with Gasteiger partial charge in [0.2, 0.25) is 0 Å². The van der Waals surface area contributed by atoms with E-state index in [4.69, 9.17) is 9.84 Å². The first-order valence-electron chi connectivity index (χ1n) is 4.04. The fourth-order valence-corrected chi connectivity index (χ4v) is 1.99. The lowest BCUT2D eigenvalue weighted by molar-refractivity contribution is -0.196. The van der Waals surface area contributed by atoms with Crippen LogP contribution in [0, 0.1) is 11.8 Å². The molecule has 0 saturated carbocycles. The van der Waals surface area contributed by atoms with E-state index in [9.17, 15) is 18.0 Å². The molecule has 3 nitrogen and oxygen atoms in total. The molecule has 0 aromatic heterocycles. The first-order valence-corrected chi connectivity index (χ1v) is 4.04. The van der Waals surface area contributed by atoms with Crippen LogP contribution < -0.4 is 0 Å². The van der Waals surface area contributed by atoms with Crippen molar-refractivity contribution in [3.05, 3.63) is 12.2 Å². The minimum atomic E-state index is -4.52. The average Bonchev–Trinajstić information content (AvgIpc) is 2.58. The SMILES string of the molecule is O=C(O)[C@@H]1[C@H](C(F)(F)F)[C@@H]2C=C[C@H]1O2. The van der Waals surface area contributed by atoms with Crippen LogP contribution in [0.3, 0.4) is 0 Å². The highest BCUT2D eigenvalue weighted by Crippen LogP contribution is 2.47. The summed E-state index contributed by atoms with van der Waals surface area (Å²) < 4.78 is 42.2. The Morgan fingerprint density at radius 3 is 2.29 bits per heavy atom. The van der Waals surface area contributed by atoms with E-state index in [1.807, 2.05) is 0 Å². The maximum atomic E-state index is 12.5. The summed E-state index contributed by atoms with van der Waals surface area (Å²) in [6, 6.07) is 0. The number of carboxylic acids is 1. The number of carboxylic acid groups (broad SMARTS) is 1. The fraction of sp³-hybridized carbons (Fsp3) is 0.625. The zero-order valence-corrected chi connectivity index (χ0v) is 6.86. The van der Waals surface area contributed by atoms with Crippen LogP contribution in [-0.2, 0) is 9.53 Å². The Balaban J connectivity index is 2.31. The normalized spacial score (nSPS) is 40.5. The average molecular weight is 208 g/mol. The standard InChI is InChI=1S/C8H7F3O3/c9-8(10,11)6-4-2-1-3(14-4)5(6)7(12)13/h1-6H,(H,12,13)/t3-,4+,5+,6-/m1/s1. The summed E-state index contributed by atoms with van der Waals surface area (Å²) in [5.74, 6) is -4.86. The second-order valence-electron chi connectivity index (χ2n) is 3.38. The number of ether oxygens (including phenoxy) is 1. The summed E-state index contributed by atoms with van der Waals surface area (Å²) in [5, 5.41) is 8.66. The third kappa shape index (κ3) is 1.21. The first-order chi connectivity index (χ1) is 6.41. The van der Waals surface area contributed by atoms with E-state index in [1.54, 1.807) is 0 Å². The van der Waals surface area contributed by atoms with E-state index in [0.717, 1.165) is 0 Å². The van der Waals surface area contributed by atoms with Crippen LogP contribution in [-0.4, -0.2) is 29.5 Å². The van der Waals surface area contributed by atoms with Crippen molar-refractivity contribution in [2.45, 2.75) is 18.4 Å². The molecule has 2 heterocycles. The minimum Gasteiger partial charge on any atom is -0.481 e. The lowest BCUT2D eigenvalue weighted by Crippen LogP contribution is -2.40. The van der Waals surface area contributed by atoms with Gasteiger partial charge < -0.3 is 9.84 Å². The third-order valence-electron chi connectivity index (χ3n) is 2.56. The molecule has 0 aromatic carbocycles. The molecule has 0 spiro atoms. The van der Waals surface area contributed by atoms with Gasteiger partial charge in [-0.1, -0.05) is 12.2 Å². The second-order valence-corrected chi connectivity index (χ2v) is 3.38. The van der Waals surface area contributed by atoms with Gasteiger partial charge in [-0.15, -0.1) is 0 Å². The van der Waals surface area contributed by atoms with Gasteiger partial charge >= 0.3 is 12.1 Å². The zero-order valence-electron chi connectivity index (χ0n) is 6.86. The maximum absolute atomic E-state index is 12.5. The van der Waals surface area contributed by atoms with E-state index >= 15 is 0 Å². The number of rotatable bonds is 1. The topological polar surface area (TPSA) is 46.5 Å². The number of aliphatic carboxylic acids is 1. The number of alkyl halides is 3. The van der Waals surface area contributed by atoms with E-state index in [-0.39, 0.29) is 0 Å². The zero-order chi connectivity index (χ0) is 10.5. The third-order valence-corrected chi connectivity index (χ3v) is 2.56. The molecule has 2 rings (SSSR count). The van der Waals surface area contributed by atoms with Gasteiger partial charge in [-0.05, 0) is 0 Å². The Labute approximate surface area is 77.2 Å². The molecule has 2 bridgehead atoms. The number of hydrogen-bond acceptors (Lipinski definition) is 2. The number of hydrogen-bond donors (Lipinski definition) is 1. The van der Waals surface area contributed by atoms with E-state index in [0.29, 0.717) is 0 Å². The fourth-order valence-electron chi connectivity index (χ4n) is 1.99. The van der Waals surface area contributed by atoms with Crippen LogP contribution in [0.5, 0.6) is 0 Å². The summed E-state index contributed by atoms with van der Waals surface area (Å²) in [6.07, 6.45) is -3.91. The minimum absolute atomic E-state index is 0.927. The smallest absolute Gasteiger partial charge is 0.395 e. The first kappa shape index (κ1) is 9.51. The molecule has 4 atom stereocenters. The highest BCUT2D eigenvalue weighted by atomic mass is 19.4. The van der Waals surface area contributed by atoms with Crippen LogP contribution in [0.15, 0.2) is 12.2 Å². The summed E-state index contributed by atoms with van der Waals surface area (Å²) in [4.78, 5) is 10.6. The molecule has 0 unspecified atom stereocenters. The Morgan fingerprint density at radius 1 is 1.29 bits per heavy atom. The molecule has 0 amide bonds. The molecule has 1 N–H and O–H groups in total. The van der Waals surface area contributed by atoms with E-state index in [1.165, 1.54) is 12.2 Å². The van der Waals surface area contributed by atoms with Crippen molar-refractivity contribution in [3.8, 4) is 0 Å². The monoisotopic (exact) mass is 208 g/mol. The Kier molecular flexibility index (Phi) is 1.85. The van der Waals surface area contributed by atoms with Gasteiger partial charge in [0.1, 0.15) is 11.8 Å². The molecular weight excluding hydrogens is 201 g/mol. The Hall–Kier alpha value is -1.04. The molecule has 6 heteroatoms. The highest BCUT2D eigenvalue weighted by molar-refractivity contribution is 5.73. The quantitative estimate of drug-likeness (QED) is 0.658. The Morgan fingerprint density at radius 2 is 1.86 bits per heavy atom. The van der Waals surface area contributed by atoms with Gasteiger partial charge in [0.25, 0.3) is 0 Å². The second kappa shape index (κ2) is 2.73. The van der Waals surface area contributed by atoms with Crippen LogP contribution in [0.4, 0.5) is 13.2 Å². The number of fused-ring (bicyclic) bond motifs is 2. The summed E-state index contributed by atoms with van der Waals surface area (Å²) in [7, 11) is 0. The lowest BCUT2D eigenvalue weighted by Gasteiger charge is -2.23. The van der Waals surface area contributed by atoms with Crippen molar-refractivity contribution < 1.29 is 27.8 Å². The summed E-state index contributed by atoms with van der Waals surface area (Å²) >= 11 is 0. The molecular formula is C8H7F3O3. The molecule has 0 radical (unpaired) electrons. The van der Waals surface area contributed by atoms with Crippen LogP contribution in [0.25, 0.3) is 0 Å². The van der Waals surface area contributed by atoms with Gasteiger partial charge in [0.15, 0.2) is 0 Å². The molecule has 1 saturated heterocycles. The van der Waals surface area contributed by atoms with Gasteiger partial charge in [-0.25, -0.2) is 0 Å². The van der Waals surface area contributed by atoms with Gasteiger partial charge in [-0.3, -0.25) is 4.79 Å². The van der Waals surface area contributed by atoms with Crippen molar-refractivity contribution in [3.63, 3.8) is 0 Å². The largest absolute Gasteiger partial charge is 0.481 e. The molecule has 14 heavy (non-hydrogen) atoms. The van der Waals surface area contributed by atoms with Crippen molar-refractivity contribution >= 4 is 5.97 Å². The molecule has 0 aromatic rings. The van der Waals surface area contributed by atoms with Crippen LogP contribution in [0.1, 0.15) is 0 Å². The molecule has 0 aliphatic carbocycles. The molecule has 1 fully saturated rings. The Bertz CT molecular complexity index is 297. The van der Waals surface area contributed by atoms with Crippen molar-refractivity contribution in [1.82, 2.24) is 0 Å². The molecule has 2 aliphatic heterocycles. The lowest BCUT2D eigenvalue weighted by atomic mass is 9.82. The van der Waals surface area contributed by atoms with E-state index < -0.39 is 36.2 Å². The van der Waals surface area contributed by atoms with Crippen molar-refractivity contribution in [2.24, 2.45) is 11.8 Å². The predicted octanol–water partition coefficient (Wildman–Crippen LogP) is 1.20. The van der Waals surface area contributed by atoms with Crippen LogP contribution >= 0.6 is 0 Å². The molecule has 78 valence electrons. The van der Waals surface area contributed by atoms with E-state index in [2.05, 4.69) is 0 Å². The van der Waals surface area contributed by atoms with Crippen LogP contribution in [0.2, 0.25) is 0 Å². The van der Waals surface area contributed by atoms with Crippen molar-refractivity contribution in [2.75, 3.05) is 0 Å². The summed E-state index contributed by atoms with van der Waals surface area (Å²) in [6.45, 7) is 0.